The summed E-state index contributed by atoms with van der Waals surface area (Å²) in [7, 11) is 1.49. The molecule has 5 N–H and O–H groups in total. The number of piperidine rings is 1. The number of urea groups is 1. The van der Waals surface area contributed by atoms with Gasteiger partial charge in [0.1, 0.15) is 23.0 Å². The van der Waals surface area contributed by atoms with E-state index in [4.69, 9.17) is 5.73 Å². The molecule has 1 saturated carbocycles. The molecule has 192 valence electrons. The molecule has 1 saturated heterocycles. The van der Waals surface area contributed by atoms with Crippen molar-refractivity contribution in [1.29, 1.82) is 0 Å². The largest absolute Gasteiger partial charge is 0.364 e. The van der Waals surface area contributed by atoms with Crippen molar-refractivity contribution in [3.05, 3.63) is 46.7 Å². The Kier molecular flexibility index (Phi) is 6.54. The topological polar surface area (TPSA) is 164 Å². The molecule has 2 aliphatic rings. The van der Waals surface area contributed by atoms with Gasteiger partial charge in [-0.2, -0.15) is 5.10 Å². The van der Waals surface area contributed by atoms with Gasteiger partial charge in [-0.1, -0.05) is 6.07 Å². The summed E-state index contributed by atoms with van der Waals surface area (Å²) in [5.74, 6) is -0.844. The number of fused-ring (bicyclic) bond motifs is 3. The molecule has 0 spiro atoms. The molecular weight excluding hydrogens is 544 g/mol. The number of pyridine rings is 1. The van der Waals surface area contributed by atoms with Crippen molar-refractivity contribution >= 4 is 62.1 Å². The molecule has 3 heterocycles. The SMILES string of the molecule is CNC(=O)Nc1ccc2c(c1)c(C(N)=O)nn2CC(=O)N1[C@@H]2CC[C@@H](C2)[C@H]1C(=O)Nc1cccc(Br)n1. The zero-order valence-electron chi connectivity index (χ0n) is 19.9. The third-order valence-electron chi connectivity index (χ3n) is 6.86. The fraction of sp³-hybridized carbons (Fsp3) is 0.333. The lowest BCUT2D eigenvalue weighted by molar-refractivity contribution is -0.141. The molecule has 37 heavy (non-hydrogen) atoms. The zero-order valence-corrected chi connectivity index (χ0v) is 21.5. The van der Waals surface area contributed by atoms with Gasteiger partial charge < -0.3 is 26.6 Å². The van der Waals surface area contributed by atoms with Gasteiger partial charge in [0.25, 0.3) is 5.91 Å². The Hall–Kier alpha value is -4.00. The first-order chi connectivity index (χ1) is 17.7. The number of primary amides is 1. The van der Waals surface area contributed by atoms with Crippen LogP contribution in [0.25, 0.3) is 10.9 Å². The maximum atomic E-state index is 13.6. The fourth-order valence-electron chi connectivity index (χ4n) is 5.33. The molecule has 13 heteroatoms. The van der Waals surface area contributed by atoms with Gasteiger partial charge in [0, 0.05) is 24.2 Å². The van der Waals surface area contributed by atoms with Crippen molar-refractivity contribution in [2.75, 3.05) is 17.7 Å². The number of carbonyl (C=O) groups is 4. The van der Waals surface area contributed by atoms with Crippen LogP contribution in [0.5, 0.6) is 0 Å². The molecule has 0 radical (unpaired) electrons. The number of nitrogens with one attached hydrogen (secondary N) is 3. The molecular formula is C24H25BrN8O4. The van der Waals surface area contributed by atoms with Crippen LogP contribution in [0, 0.1) is 5.92 Å². The molecule has 3 atom stereocenters. The van der Waals surface area contributed by atoms with E-state index in [1.165, 1.54) is 11.7 Å². The van der Waals surface area contributed by atoms with Gasteiger partial charge >= 0.3 is 6.03 Å². The van der Waals surface area contributed by atoms with Crippen LogP contribution in [0.15, 0.2) is 41.0 Å². The minimum atomic E-state index is -0.757. The van der Waals surface area contributed by atoms with E-state index < -0.39 is 18.0 Å². The quantitative estimate of drug-likeness (QED) is 0.332. The van der Waals surface area contributed by atoms with Gasteiger partial charge in [0.2, 0.25) is 11.8 Å². The fourth-order valence-corrected chi connectivity index (χ4v) is 5.67. The van der Waals surface area contributed by atoms with E-state index in [9.17, 15) is 19.2 Å². The molecule has 3 aromatic rings. The molecule has 1 aromatic carbocycles. The maximum Gasteiger partial charge on any atom is 0.318 e. The number of hydrogen-bond acceptors (Lipinski definition) is 6. The number of halogens is 1. The van der Waals surface area contributed by atoms with Crippen molar-refractivity contribution in [1.82, 2.24) is 25.0 Å². The molecule has 1 aliphatic carbocycles. The van der Waals surface area contributed by atoms with Gasteiger partial charge in [-0.05, 0) is 71.4 Å². The third kappa shape index (κ3) is 4.73. The van der Waals surface area contributed by atoms with E-state index in [2.05, 4.69) is 42.0 Å². The smallest absolute Gasteiger partial charge is 0.318 e. The van der Waals surface area contributed by atoms with Crippen LogP contribution in [0.3, 0.4) is 0 Å². The van der Waals surface area contributed by atoms with Crippen LogP contribution in [-0.2, 0) is 16.1 Å². The van der Waals surface area contributed by atoms with Crippen LogP contribution in [-0.4, -0.2) is 62.5 Å². The van der Waals surface area contributed by atoms with Crippen LogP contribution < -0.4 is 21.7 Å². The van der Waals surface area contributed by atoms with Crippen molar-refractivity contribution in [2.45, 2.75) is 37.9 Å². The molecule has 2 aromatic heterocycles. The number of amides is 5. The minimum absolute atomic E-state index is 0.0127. The standard InChI is InChI=1S/C24H25BrN8O4/c1-27-24(37)28-13-6-8-16-15(10-13)20(22(26)35)31-32(16)11-19(34)33-14-7-5-12(9-14)21(33)23(36)30-18-4-2-3-17(25)29-18/h2-4,6,8,10,12,14,21H,5,7,9,11H2,1H3,(H2,26,35)(H2,27,28,37)(H,29,30,36)/t12-,14+,21-/m0/s1. The predicted octanol–water partition coefficient (Wildman–Crippen LogP) is 2.06. The molecule has 0 unspecified atom stereocenters. The highest BCUT2D eigenvalue weighted by molar-refractivity contribution is 9.10. The molecule has 5 rings (SSSR count). The number of anilines is 2. The second kappa shape index (κ2) is 9.81. The second-order valence-electron chi connectivity index (χ2n) is 9.11. The molecule has 2 bridgehead atoms. The van der Waals surface area contributed by atoms with Crippen LogP contribution >= 0.6 is 15.9 Å². The van der Waals surface area contributed by atoms with E-state index in [-0.39, 0.29) is 36.0 Å². The third-order valence-corrected chi connectivity index (χ3v) is 7.30. The van der Waals surface area contributed by atoms with E-state index in [0.717, 1.165) is 19.3 Å². The summed E-state index contributed by atoms with van der Waals surface area (Å²) in [5, 5.41) is 12.6. The Morgan fingerprint density at radius 2 is 1.95 bits per heavy atom. The average Bonchev–Trinajstić information content (AvgIpc) is 3.57. The van der Waals surface area contributed by atoms with E-state index >= 15 is 0 Å². The molecule has 1 aliphatic heterocycles. The number of benzene rings is 1. The van der Waals surface area contributed by atoms with E-state index in [1.54, 1.807) is 41.3 Å². The van der Waals surface area contributed by atoms with Crippen molar-refractivity contribution in [3.63, 3.8) is 0 Å². The normalized spacial score (nSPS) is 20.2. The monoisotopic (exact) mass is 568 g/mol. The predicted molar refractivity (Wildman–Crippen MR) is 139 cm³/mol. The number of hydrogen-bond donors (Lipinski definition) is 4. The molecule has 12 nitrogen and oxygen atoms in total. The Morgan fingerprint density at radius 3 is 2.68 bits per heavy atom. The maximum absolute atomic E-state index is 13.6. The highest BCUT2D eigenvalue weighted by atomic mass is 79.9. The van der Waals surface area contributed by atoms with Gasteiger partial charge in [0.05, 0.1) is 5.52 Å². The number of carbonyl (C=O) groups excluding carboxylic acids is 4. The highest BCUT2D eigenvalue weighted by Crippen LogP contribution is 2.43. The second-order valence-corrected chi connectivity index (χ2v) is 9.93. The van der Waals surface area contributed by atoms with Crippen LogP contribution in [0.4, 0.5) is 16.3 Å². The summed E-state index contributed by atoms with van der Waals surface area (Å²) < 4.78 is 2.01. The lowest BCUT2D eigenvalue weighted by Gasteiger charge is -2.34. The summed E-state index contributed by atoms with van der Waals surface area (Å²) >= 11 is 3.30. The Morgan fingerprint density at radius 1 is 1.14 bits per heavy atom. The Balaban J connectivity index is 1.41. The van der Waals surface area contributed by atoms with Crippen LogP contribution in [0.2, 0.25) is 0 Å². The summed E-state index contributed by atoms with van der Waals surface area (Å²) in [6.45, 7) is -0.172. The van der Waals surface area contributed by atoms with Gasteiger partial charge in [0.15, 0.2) is 5.69 Å². The molecule has 2 fully saturated rings. The number of aromatic nitrogens is 3. The molecule has 5 amide bonds. The number of nitrogens with two attached hydrogens (primary N) is 1. The Bertz CT molecular complexity index is 1420. The summed E-state index contributed by atoms with van der Waals surface area (Å²) in [4.78, 5) is 56.5. The van der Waals surface area contributed by atoms with Gasteiger partial charge in [-0.15, -0.1) is 0 Å². The number of rotatable bonds is 6. The van der Waals surface area contributed by atoms with Crippen molar-refractivity contribution in [2.24, 2.45) is 11.7 Å². The first-order valence-electron chi connectivity index (χ1n) is 11.8. The zero-order chi connectivity index (χ0) is 26.3. The lowest BCUT2D eigenvalue weighted by Crippen LogP contribution is -2.52. The summed E-state index contributed by atoms with van der Waals surface area (Å²) in [6.07, 6.45) is 2.46. The average molecular weight is 569 g/mol. The van der Waals surface area contributed by atoms with E-state index in [1.807, 2.05) is 0 Å². The summed E-state index contributed by atoms with van der Waals surface area (Å²) in [6, 6.07) is 9.03. The first-order valence-corrected chi connectivity index (χ1v) is 12.6. The lowest BCUT2D eigenvalue weighted by atomic mass is 9.97. The number of nitrogens with zero attached hydrogens (tertiary/aromatic N) is 4. The van der Waals surface area contributed by atoms with E-state index in [0.29, 0.717) is 27.0 Å². The minimum Gasteiger partial charge on any atom is -0.364 e. The van der Waals surface area contributed by atoms with Gasteiger partial charge in [-0.25, -0.2) is 9.78 Å². The van der Waals surface area contributed by atoms with Crippen molar-refractivity contribution < 1.29 is 19.2 Å². The first kappa shape index (κ1) is 24.7. The Labute approximate surface area is 220 Å². The highest BCUT2D eigenvalue weighted by Gasteiger charge is 2.51. The van der Waals surface area contributed by atoms with Crippen LogP contribution in [0.1, 0.15) is 29.8 Å². The number of likely N-dealkylation sites (tertiary alicyclic amines) is 1. The van der Waals surface area contributed by atoms with Crippen molar-refractivity contribution in [3.8, 4) is 0 Å². The summed E-state index contributed by atoms with van der Waals surface area (Å²) in [5.41, 5.74) is 6.48. The van der Waals surface area contributed by atoms with Gasteiger partial charge in [-0.3, -0.25) is 19.1 Å².